The molecule has 3 aromatic carbocycles. The second-order valence-corrected chi connectivity index (χ2v) is 10.0. The highest BCUT2D eigenvalue weighted by Gasteiger charge is 2.24. The molecule has 8 heteroatoms. The lowest BCUT2D eigenvalue weighted by Crippen LogP contribution is -2.06. The lowest BCUT2D eigenvalue weighted by atomic mass is 9.98. The Morgan fingerprint density at radius 1 is 1.06 bits per heavy atom. The number of aliphatic imine (C=N–C) groups is 1. The molecule has 0 amide bonds. The molecule has 4 rings (SSSR count). The lowest BCUT2D eigenvalue weighted by molar-refractivity contribution is -0.131. The van der Waals surface area contributed by atoms with Gasteiger partial charge in [-0.05, 0) is 66.6 Å². The molecule has 0 fully saturated rings. The number of hydrogen-bond acceptors (Lipinski definition) is 7. The van der Waals surface area contributed by atoms with Gasteiger partial charge in [0.2, 0.25) is 0 Å². The molecule has 1 aromatic heterocycles. The smallest absolute Gasteiger partial charge is 0.341 e. The van der Waals surface area contributed by atoms with Crippen molar-refractivity contribution in [2.75, 3.05) is 13.7 Å². The molecule has 1 heterocycles. The number of rotatable bonds is 7. The van der Waals surface area contributed by atoms with E-state index in [0.29, 0.717) is 21.9 Å². The average molecular weight is 566 g/mol. The second-order valence-electron chi connectivity index (χ2n) is 7.90. The highest BCUT2D eigenvalue weighted by molar-refractivity contribution is 9.10. The van der Waals surface area contributed by atoms with Crippen molar-refractivity contribution in [3.05, 3.63) is 75.1 Å². The van der Waals surface area contributed by atoms with E-state index in [1.165, 1.54) is 18.3 Å². The molecule has 6 nitrogen and oxygen atoms in total. The molecular formula is C28H24BrNO5S. The van der Waals surface area contributed by atoms with Crippen molar-refractivity contribution < 1.29 is 23.8 Å². The van der Waals surface area contributed by atoms with Crippen LogP contribution in [0.3, 0.4) is 0 Å². The molecule has 0 saturated heterocycles. The summed E-state index contributed by atoms with van der Waals surface area (Å²) in [7, 11) is 1.64. The van der Waals surface area contributed by atoms with Crippen molar-refractivity contribution in [1.82, 2.24) is 0 Å². The predicted molar refractivity (Wildman–Crippen MR) is 147 cm³/mol. The Hall–Kier alpha value is -3.49. The van der Waals surface area contributed by atoms with Crippen LogP contribution in [0, 0.1) is 6.92 Å². The second kappa shape index (κ2) is 11.1. The van der Waals surface area contributed by atoms with Gasteiger partial charge in [-0.2, -0.15) is 0 Å². The molecule has 0 saturated carbocycles. The SMILES string of the molecule is CCOC(=O)c1c(N=Cc2cc(Br)ccc2OC(C)=O)sc(C)c1-c1ccc2cc(OC)ccc2c1. The number of thiophene rings is 1. The molecule has 0 aliphatic carbocycles. The van der Waals surface area contributed by atoms with Gasteiger partial charge in [-0.1, -0.05) is 34.1 Å². The predicted octanol–water partition coefficient (Wildman–Crippen LogP) is 7.50. The number of carbonyl (C=O) groups excluding carboxylic acids is 2. The first-order valence-corrected chi connectivity index (χ1v) is 12.8. The monoisotopic (exact) mass is 565 g/mol. The fraction of sp³-hybridized carbons (Fsp3) is 0.179. The van der Waals surface area contributed by atoms with Crippen molar-refractivity contribution in [2.45, 2.75) is 20.8 Å². The summed E-state index contributed by atoms with van der Waals surface area (Å²) in [5.41, 5.74) is 2.70. The maximum absolute atomic E-state index is 13.1. The molecule has 0 spiro atoms. The summed E-state index contributed by atoms with van der Waals surface area (Å²) in [5, 5.41) is 2.58. The molecule has 0 radical (unpaired) electrons. The molecule has 0 unspecified atom stereocenters. The first kappa shape index (κ1) is 25.6. The van der Waals surface area contributed by atoms with Gasteiger partial charge in [0.1, 0.15) is 22.1 Å². The Balaban J connectivity index is 1.83. The summed E-state index contributed by atoms with van der Waals surface area (Å²) in [6.45, 7) is 5.33. The lowest BCUT2D eigenvalue weighted by Gasteiger charge is -2.09. The summed E-state index contributed by atoms with van der Waals surface area (Å²) in [4.78, 5) is 30.2. The van der Waals surface area contributed by atoms with E-state index in [0.717, 1.165) is 37.0 Å². The van der Waals surface area contributed by atoms with Gasteiger partial charge >= 0.3 is 11.9 Å². The molecule has 0 atom stereocenters. The molecule has 0 N–H and O–H groups in total. The number of nitrogens with zero attached hydrogens (tertiary/aromatic N) is 1. The van der Waals surface area contributed by atoms with Crippen LogP contribution in [0.1, 0.15) is 34.6 Å². The first-order chi connectivity index (χ1) is 17.3. The van der Waals surface area contributed by atoms with E-state index in [9.17, 15) is 9.59 Å². The minimum absolute atomic E-state index is 0.246. The number of methoxy groups -OCH3 is 1. The molecule has 184 valence electrons. The van der Waals surface area contributed by atoms with Crippen LogP contribution in [-0.2, 0) is 9.53 Å². The van der Waals surface area contributed by atoms with Crippen LogP contribution in [0.5, 0.6) is 11.5 Å². The minimum Gasteiger partial charge on any atom is -0.497 e. The fourth-order valence-corrected chi connectivity index (χ4v) is 5.25. The van der Waals surface area contributed by atoms with Crippen molar-refractivity contribution in [3.8, 4) is 22.6 Å². The number of aryl methyl sites for hydroxylation is 1. The van der Waals surface area contributed by atoms with Crippen LogP contribution in [0.25, 0.3) is 21.9 Å². The highest BCUT2D eigenvalue weighted by atomic mass is 79.9. The number of fused-ring (bicyclic) bond motifs is 1. The van der Waals surface area contributed by atoms with Crippen molar-refractivity contribution in [3.63, 3.8) is 0 Å². The molecule has 36 heavy (non-hydrogen) atoms. The number of hydrogen-bond donors (Lipinski definition) is 0. The third kappa shape index (κ3) is 5.50. The average Bonchev–Trinajstić information content (AvgIpc) is 3.19. The van der Waals surface area contributed by atoms with Gasteiger partial charge in [-0.25, -0.2) is 9.79 Å². The molecule has 0 aliphatic rings. The maximum Gasteiger partial charge on any atom is 0.341 e. The summed E-state index contributed by atoms with van der Waals surface area (Å²) in [6.07, 6.45) is 1.59. The molecule has 0 aliphatic heterocycles. The zero-order chi connectivity index (χ0) is 25.8. The normalized spacial score (nSPS) is 11.1. The van der Waals surface area contributed by atoms with Gasteiger partial charge < -0.3 is 14.2 Å². The third-order valence-electron chi connectivity index (χ3n) is 5.43. The molecule has 4 aromatic rings. The summed E-state index contributed by atoms with van der Waals surface area (Å²) in [5.74, 6) is 0.299. The number of ether oxygens (including phenoxy) is 3. The highest BCUT2D eigenvalue weighted by Crippen LogP contribution is 2.43. The van der Waals surface area contributed by atoms with Crippen molar-refractivity contribution >= 4 is 61.2 Å². The van der Waals surface area contributed by atoms with Gasteiger partial charge in [0.25, 0.3) is 0 Å². The van der Waals surface area contributed by atoms with E-state index in [4.69, 9.17) is 14.2 Å². The third-order valence-corrected chi connectivity index (χ3v) is 6.93. The number of esters is 2. The van der Waals surface area contributed by atoms with E-state index in [1.54, 1.807) is 38.4 Å². The number of carbonyl (C=O) groups is 2. The van der Waals surface area contributed by atoms with Crippen LogP contribution in [0.4, 0.5) is 5.00 Å². The van der Waals surface area contributed by atoms with Gasteiger partial charge in [0, 0.05) is 33.6 Å². The van der Waals surface area contributed by atoms with Crippen LogP contribution >= 0.6 is 27.3 Å². The van der Waals surface area contributed by atoms with Crippen LogP contribution in [-0.4, -0.2) is 31.9 Å². The van der Waals surface area contributed by atoms with Crippen LogP contribution in [0.2, 0.25) is 0 Å². The first-order valence-electron chi connectivity index (χ1n) is 11.2. The Morgan fingerprint density at radius 3 is 2.53 bits per heavy atom. The topological polar surface area (TPSA) is 74.2 Å². The van der Waals surface area contributed by atoms with Gasteiger partial charge in [0.15, 0.2) is 0 Å². The van der Waals surface area contributed by atoms with Crippen molar-refractivity contribution in [1.29, 1.82) is 0 Å². The minimum atomic E-state index is -0.437. The van der Waals surface area contributed by atoms with E-state index in [-0.39, 0.29) is 6.61 Å². The Kier molecular flexibility index (Phi) is 7.86. The Morgan fingerprint density at radius 2 is 1.81 bits per heavy atom. The van der Waals surface area contributed by atoms with Gasteiger partial charge in [-0.3, -0.25) is 4.79 Å². The standard InChI is InChI=1S/C28H24BrNO5S/c1-5-34-28(32)26-25(20-7-6-19-14-23(33-4)10-8-18(19)12-20)16(2)36-27(26)30-15-21-13-22(29)9-11-24(21)35-17(3)31/h6-15H,5H2,1-4H3. The molecule has 0 bridgehead atoms. The summed E-state index contributed by atoms with van der Waals surface area (Å²) in [6, 6.07) is 17.2. The van der Waals surface area contributed by atoms with Gasteiger partial charge in [-0.15, -0.1) is 11.3 Å². The molecular weight excluding hydrogens is 542 g/mol. The van der Waals surface area contributed by atoms with Gasteiger partial charge in [0.05, 0.1) is 13.7 Å². The van der Waals surface area contributed by atoms with E-state index in [1.807, 2.05) is 43.3 Å². The number of benzene rings is 3. The van der Waals surface area contributed by atoms with E-state index >= 15 is 0 Å². The van der Waals surface area contributed by atoms with Crippen LogP contribution < -0.4 is 9.47 Å². The van der Waals surface area contributed by atoms with Crippen LogP contribution in [0.15, 0.2) is 64.1 Å². The number of halogens is 1. The largest absolute Gasteiger partial charge is 0.497 e. The quantitative estimate of drug-likeness (QED) is 0.132. The maximum atomic E-state index is 13.1. The Labute approximate surface area is 221 Å². The summed E-state index contributed by atoms with van der Waals surface area (Å²) < 4.78 is 16.9. The van der Waals surface area contributed by atoms with E-state index < -0.39 is 11.9 Å². The fourth-order valence-electron chi connectivity index (χ4n) is 3.86. The summed E-state index contributed by atoms with van der Waals surface area (Å²) >= 11 is 4.85. The van der Waals surface area contributed by atoms with E-state index in [2.05, 4.69) is 20.9 Å². The zero-order valence-corrected chi connectivity index (χ0v) is 22.7. The van der Waals surface area contributed by atoms with Crippen molar-refractivity contribution in [2.24, 2.45) is 4.99 Å². The Bertz CT molecular complexity index is 1490. The zero-order valence-electron chi connectivity index (χ0n) is 20.3.